The Kier molecular flexibility index (Phi) is 9.29. The Bertz CT molecular complexity index is 1150. The Morgan fingerprint density at radius 1 is 1.11 bits per heavy atom. The highest BCUT2D eigenvalue weighted by molar-refractivity contribution is 9.10. The van der Waals surface area contributed by atoms with Crippen LogP contribution in [-0.2, 0) is 26.2 Å². The molecule has 1 aliphatic rings. The summed E-state index contributed by atoms with van der Waals surface area (Å²) < 4.78 is 41.0. The third-order valence-corrected chi connectivity index (χ3v) is 7.78. The topological polar surface area (TPSA) is 86.8 Å². The van der Waals surface area contributed by atoms with Crippen molar-refractivity contribution in [2.45, 2.75) is 57.7 Å². The molecule has 0 spiro atoms. The number of hydrogen-bond donors (Lipinski definition) is 1. The average Bonchev–Trinajstić information content (AvgIpc) is 2.81. The van der Waals surface area contributed by atoms with E-state index in [1.807, 2.05) is 24.3 Å². The minimum Gasteiger partial charge on any atom is -0.352 e. The van der Waals surface area contributed by atoms with E-state index < -0.39 is 34.3 Å². The van der Waals surface area contributed by atoms with Crippen molar-refractivity contribution in [2.75, 3.05) is 17.1 Å². The van der Waals surface area contributed by atoms with Gasteiger partial charge in [0.05, 0.1) is 11.9 Å². The molecule has 0 aromatic heterocycles. The molecule has 3 rings (SSSR count). The number of nitrogens with one attached hydrogen (secondary N) is 1. The number of halogens is 2. The second-order valence-electron chi connectivity index (χ2n) is 8.89. The van der Waals surface area contributed by atoms with Crippen LogP contribution in [-0.4, -0.2) is 50.0 Å². The number of sulfonamides is 1. The van der Waals surface area contributed by atoms with E-state index in [4.69, 9.17) is 0 Å². The van der Waals surface area contributed by atoms with E-state index >= 15 is 0 Å². The zero-order chi connectivity index (χ0) is 25.6. The van der Waals surface area contributed by atoms with Crippen molar-refractivity contribution in [1.82, 2.24) is 10.2 Å². The number of anilines is 1. The summed E-state index contributed by atoms with van der Waals surface area (Å²) >= 11 is 3.41. The molecule has 10 heteroatoms. The number of para-hydroxylation sites is 1. The van der Waals surface area contributed by atoms with Gasteiger partial charge in [0.2, 0.25) is 21.8 Å². The van der Waals surface area contributed by atoms with Gasteiger partial charge in [-0.1, -0.05) is 59.5 Å². The van der Waals surface area contributed by atoms with Gasteiger partial charge in [0.15, 0.2) is 0 Å². The number of carbonyl (C=O) groups excluding carboxylic acids is 2. The lowest BCUT2D eigenvalue weighted by Crippen LogP contribution is -2.53. The Morgan fingerprint density at radius 3 is 2.43 bits per heavy atom. The van der Waals surface area contributed by atoms with E-state index in [1.54, 1.807) is 6.92 Å². The van der Waals surface area contributed by atoms with Crippen molar-refractivity contribution >= 4 is 43.5 Å². The van der Waals surface area contributed by atoms with Crippen molar-refractivity contribution < 1.29 is 22.4 Å². The number of amides is 2. The number of nitrogens with zero attached hydrogens (tertiary/aromatic N) is 2. The van der Waals surface area contributed by atoms with E-state index in [0.29, 0.717) is 0 Å². The lowest BCUT2D eigenvalue weighted by molar-refractivity contribution is -0.139. The van der Waals surface area contributed by atoms with Crippen LogP contribution in [0.1, 0.15) is 44.6 Å². The SMILES string of the molecule is C[C@@H](C(=O)NC1CCCCC1)N(Cc1cccc(Br)c1)C(=O)CN(c1ccccc1F)S(C)(=O)=O. The molecule has 1 N–H and O–H groups in total. The van der Waals surface area contributed by atoms with E-state index in [9.17, 15) is 22.4 Å². The first-order valence-electron chi connectivity index (χ1n) is 11.6. The Labute approximate surface area is 214 Å². The molecule has 35 heavy (non-hydrogen) atoms. The van der Waals surface area contributed by atoms with Crippen LogP contribution in [0.25, 0.3) is 0 Å². The van der Waals surface area contributed by atoms with Crippen LogP contribution in [0.4, 0.5) is 10.1 Å². The van der Waals surface area contributed by atoms with Crippen LogP contribution in [0.2, 0.25) is 0 Å². The second-order valence-corrected chi connectivity index (χ2v) is 11.7. The number of carbonyl (C=O) groups is 2. The lowest BCUT2D eigenvalue weighted by Gasteiger charge is -2.33. The minimum absolute atomic E-state index is 0.0625. The summed E-state index contributed by atoms with van der Waals surface area (Å²) in [6, 6.07) is 11.9. The fourth-order valence-electron chi connectivity index (χ4n) is 4.23. The quantitative estimate of drug-likeness (QED) is 0.491. The molecule has 0 aliphatic heterocycles. The molecule has 1 atom stereocenters. The maximum absolute atomic E-state index is 14.5. The van der Waals surface area contributed by atoms with Crippen LogP contribution in [0.15, 0.2) is 53.0 Å². The fraction of sp³-hybridized carbons (Fsp3) is 0.440. The molecule has 0 unspecified atom stereocenters. The zero-order valence-corrected chi connectivity index (χ0v) is 22.3. The molecular formula is C25H31BrFN3O4S. The van der Waals surface area contributed by atoms with Crippen LogP contribution < -0.4 is 9.62 Å². The molecule has 0 bridgehead atoms. The molecule has 0 heterocycles. The summed E-state index contributed by atoms with van der Waals surface area (Å²) in [5, 5.41) is 3.04. The van der Waals surface area contributed by atoms with Gasteiger partial charge in [-0.3, -0.25) is 13.9 Å². The van der Waals surface area contributed by atoms with Crippen LogP contribution in [0.5, 0.6) is 0 Å². The van der Waals surface area contributed by atoms with Gasteiger partial charge in [-0.05, 0) is 49.6 Å². The smallest absolute Gasteiger partial charge is 0.244 e. The summed E-state index contributed by atoms with van der Waals surface area (Å²) in [6.07, 6.45) is 5.95. The molecule has 2 amide bonds. The molecule has 190 valence electrons. The van der Waals surface area contributed by atoms with Crippen molar-refractivity contribution in [1.29, 1.82) is 0 Å². The van der Waals surface area contributed by atoms with Crippen molar-refractivity contribution in [3.8, 4) is 0 Å². The molecule has 1 fully saturated rings. The highest BCUT2D eigenvalue weighted by Crippen LogP contribution is 2.23. The van der Waals surface area contributed by atoms with Crippen LogP contribution in [0, 0.1) is 5.82 Å². The first-order valence-corrected chi connectivity index (χ1v) is 14.3. The summed E-state index contributed by atoms with van der Waals surface area (Å²) in [6.45, 7) is 1.09. The minimum atomic E-state index is -3.98. The van der Waals surface area contributed by atoms with E-state index in [1.165, 1.54) is 23.1 Å². The van der Waals surface area contributed by atoms with Crippen molar-refractivity contribution in [3.63, 3.8) is 0 Å². The average molecular weight is 569 g/mol. The monoisotopic (exact) mass is 567 g/mol. The second kappa shape index (κ2) is 12.0. The number of benzene rings is 2. The van der Waals surface area contributed by atoms with Gasteiger partial charge in [0, 0.05) is 17.1 Å². The highest BCUT2D eigenvalue weighted by Gasteiger charge is 2.31. The van der Waals surface area contributed by atoms with Crippen molar-refractivity contribution in [3.05, 3.63) is 64.4 Å². The van der Waals surface area contributed by atoms with Gasteiger partial charge in [-0.2, -0.15) is 0 Å². The third-order valence-electron chi connectivity index (χ3n) is 6.16. The maximum atomic E-state index is 14.5. The predicted molar refractivity (Wildman–Crippen MR) is 138 cm³/mol. The normalized spacial score (nSPS) is 15.3. The van der Waals surface area contributed by atoms with Gasteiger partial charge < -0.3 is 10.2 Å². The lowest BCUT2D eigenvalue weighted by atomic mass is 9.95. The molecule has 7 nitrogen and oxygen atoms in total. The van der Waals surface area contributed by atoms with Gasteiger partial charge in [0.25, 0.3) is 0 Å². The predicted octanol–water partition coefficient (Wildman–Crippen LogP) is 4.22. The zero-order valence-electron chi connectivity index (χ0n) is 19.9. The Balaban J connectivity index is 1.88. The molecule has 0 saturated heterocycles. The van der Waals surface area contributed by atoms with Gasteiger partial charge in [-0.15, -0.1) is 0 Å². The Hall–Kier alpha value is -2.46. The first kappa shape index (κ1) is 27.1. The molecule has 1 saturated carbocycles. The number of rotatable bonds is 9. The summed E-state index contributed by atoms with van der Waals surface area (Å²) in [5.41, 5.74) is 0.548. The molecule has 1 aliphatic carbocycles. The van der Waals surface area contributed by atoms with E-state index in [-0.39, 0.29) is 24.2 Å². The third kappa shape index (κ3) is 7.51. The largest absolute Gasteiger partial charge is 0.352 e. The van der Waals surface area contributed by atoms with Crippen LogP contribution in [0.3, 0.4) is 0 Å². The summed E-state index contributed by atoms with van der Waals surface area (Å²) in [5.74, 6) is -1.66. The fourth-order valence-corrected chi connectivity index (χ4v) is 5.53. The highest BCUT2D eigenvalue weighted by atomic mass is 79.9. The Morgan fingerprint density at radius 2 is 1.80 bits per heavy atom. The molecular weight excluding hydrogens is 537 g/mol. The first-order chi connectivity index (χ1) is 16.6. The summed E-state index contributed by atoms with van der Waals surface area (Å²) in [4.78, 5) is 28.0. The van der Waals surface area contributed by atoms with Gasteiger partial charge in [0.1, 0.15) is 18.4 Å². The molecule has 0 radical (unpaired) electrons. The van der Waals surface area contributed by atoms with Gasteiger partial charge in [-0.25, -0.2) is 12.8 Å². The van der Waals surface area contributed by atoms with Crippen molar-refractivity contribution in [2.24, 2.45) is 0 Å². The van der Waals surface area contributed by atoms with Gasteiger partial charge >= 0.3 is 0 Å². The van der Waals surface area contributed by atoms with E-state index in [0.717, 1.165) is 58.8 Å². The summed E-state index contributed by atoms with van der Waals surface area (Å²) in [7, 11) is -3.98. The molecule has 2 aromatic carbocycles. The maximum Gasteiger partial charge on any atom is 0.244 e. The number of hydrogen-bond acceptors (Lipinski definition) is 4. The molecule has 2 aromatic rings. The standard InChI is InChI=1S/C25H31BrFN3O4S/c1-18(25(32)28-21-11-4-3-5-12-21)29(16-19-9-8-10-20(26)15-19)24(31)17-30(35(2,33)34)23-14-7-6-13-22(23)27/h6-10,13-15,18,21H,3-5,11-12,16-17H2,1-2H3,(H,28,32)/t18-/m0/s1. The van der Waals surface area contributed by atoms with Crippen LogP contribution >= 0.6 is 15.9 Å². The van der Waals surface area contributed by atoms with E-state index in [2.05, 4.69) is 21.2 Å².